The van der Waals surface area contributed by atoms with E-state index < -0.39 is 0 Å². The van der Waals surface area contributed by atoms with Gasteiger partial charge in [-0.3, -0.25) is 12.2 Å². The normalized spacial score (nSPS) is 14.2. The van der Waals surface area contributed by atoms with E-state index in [-0.39, 0.29) is 26.2 Å². The predicted molar refractivity (Wildman–Crippen MR) is 101 cm³/mol. The van der Waals surface area contributed by atoms with Gasteiger partial charge in [0.25, 0.3) is 0 Å². The Labute approximate surface area is 170 Å². The van der Waals surface area contributed by atoms with Crippen LogP contribution in [0.2, 0.25) is 0 Å². The van der Waals surface area contributed by atoms with E-state index in [9.17, 15) is 0 Å². The van der Waals surface area contributed by atoms with Crippen LogP contribution >= 0.6 is 0 Å². The Morgan fingerprint density at radius 2 is 1.00 bits per heavy atom. The maximum Gasteiger partial charge on any atom is 2.00 e. The summed E-state index contributed by atoms with van der Waals surface area (Å²) in [4.78, 5) is 0. The number of hydrogen-bond acceptors (Lipinski definition) is 0. The van der Waals surface area contributed by atoms with E-state index in [0.717, 1.165) is 25.7 Å². The molecule has 0 amide bonds. The monoisotopic (exact) mass is 400 g/mol. The molecule has 0 N–H and O–H groups in total. The smallest absolute Gasteiger partial charge is 0.269 e. The van der Waals surface area contributed by atoms with Crippen molar-refractivity contribution in [2.45, 2.75) is 25.7 Å². The summed E-state index contributed by atoms with van der Waals surface area (Å²) in [6.45, 7) is 0. The van der Waals surface area contributed by atoms with Gasteiger partial charge in [-0.05, 0) is 24.0 Å². The molecule has 0 fully saturated rings. The molecule has 0 bridgehead atoms. The Morgan fingerprint density at radius 3 is 1.32 bits per heavy atom. The van der Waals surface area contributed by atoms with Gasteiger partial charge in [-0.2, -0.15) is 12.2 Å². The Balaban J connectivity index is 0.000000173. The zero-order valence-corrected chi connectivity index (χ0v) is 16.9. The maximum absolute atomic E-state index is 3.31. The molecule has 0 heterocycles. The minimum Gasteiger partial charge on any atom is -0.269 e. The third kappa shape index (κ3) is 6.96. The Bertz CT molecular complexity index is 682. The molecule has 0 saturated heterocycles. The molecule has 2 aromatic carbocycles. The van der Waals surface area contributed by atoms with Crippen molar-refractivity contribution in [3.05, 3.63) is 119 Å². The topological polar surface area (TPSA) is 0 Å². The van der Waals surface area contributed by atoms with Gasteiger partial charge in [-0.1, -0.05) is 60.7 Å². The first-order valence-electron chi connectivity index (χ1n) is 8.50. The molecule has 0 saturated carbocycles. The molecule has 25 heavy (non-hydrogen) atoms. The minimum atomic E-state index is 0. The van der Waals surface area contributed by atoms with Gasteiger partial charge < -0.3 is 0 Å². The predicted octanol–water partition coefficient (Wildman–Crippen LogP) is 5.83. The number of allylic oxidation sites excluding steroid dienone is 8. The van der Waals surface area contributed by atoms with Crippen molar-refractivity contribution in [2.24, 2.45) is 0 Å². The van der Waals surface area contributed by atoms with Gasteiger partial charge in [0.15, 0.2) is 0 Å². The van der Waals surface area contributed by atoms with E-state index >= 15 is 0 Å². The fourth-order valence-corrected chi connectivity index (χ4v) is 2.77. The second kappa shape index (κ2) is 11.0. The molecule has 0 nitrogen and oxygen atoms in total. The van der Waals surface area contributed by atoms with Crippen LogP contribution in [-0.4, -0.2) is 0 Å². The Morgan fingerprint density at radius 1 is 0.600 bits per heavy atom. The van der Waals surface area contributed by atoms with Crippen molar-refractivity contribution >= 4 is 0 Å². The van der Waals surface area contributed by atoms with Gasteiger partial charge in [0.05, 0.1) is 0 Å². The van der Waals surface area contributed by atoms with E-state index in [0.29, 0.717) is 0 Å². The van der Waals surface area contributed by atoms with Crippen LogP contribution in [0, 0.1) is 12.2 Å². The van der Waals surface area contributed by atoms with Gasteiger partial charge in [0.1, 0.15) is 0 Å². The van der Waals surface area contributed by atoms with E-state index in [1.807, 2.05) is 12.1 Å². The molecule has 0 radical (unpaired) electrons. The van der Waals surface area contributed by atoms with Crippen LogP contribution in [0.1, 0.15) is 24.0 Å². The van der Waals surface area contributed by atoms with Crippen LogP contribution in [-0.2, 0) is 39.0 Å². The Hall–Kier alpha value is -1.72. The van der Waals surface area contributed by atoms with Crippen molar-refractivity contribution in [3.63, 3.8) is 0 Å². The largest absolute Gasteiger partial charge is 2.00 e. The summed E-state index contributed by atoms with van der Waals surface area (Å²) < 4.78 is 0. The van der Waals surface area contributed by atoms with Crippen molar-refractivity contribution < 1.29 is 26.2 Å². The standard InChI is InChI=1S/2C12H11.Zr/c2*1-2-6-11(7-3-1)10-12-8-4-5-9-12;/h2*1-4,6-8H,5,10H2;/q2*-1;+2. The van der Waals surface area contributed by atoms with Gasteiger partial charge in [-0.25, -0.2) is 23.3 Å². The van der Waals surface area contributed by atoms with Crippen LogP contribution in [0.3, 0.4) is 0 Å². The van der Waals surface area contributed by atoms with E-state index in [1.165, 1.54) is 22.3 Å². The molecule has 0 spiro atoms. The third-order valence-electron chi connectivity index (χ3n) is 4.01. The summed E-state index contributed by atoms with van der Waals surface area (Å²) in [7, 11) is 0. The number of rotatable bonds is 4. The summed E-state index contributed by atoms with van der Waals surface area (Å²) in [5, 5.41) is 0. The fourth-order valence-electron chi connectivity index (χ4n) is 2.77. The summed E-state index contributed by atoms with van der Waals surface area (Å²) in [5.41, 5.74) is 5.38. The molecule has 2 aromatic rings. The van der Waals surface area contributed by atoms with Crippen molar-refractivity contribution in [1.82, 2.24) is 0 Å². The molecule has 1 heteroatoms. The zero-order chi connectivity index (χ0) is 16.5. The van der Waals surface area contributed by atoms with Gasteiger partial charge in [0.2, 0.25) is 0 Å². The van der Waals surface area contributed by atoms with Crippen LogP contribution in [0.25, 0.3) is 0 Å². The van der Waals surface area contributed by atoms with Crippen LogP contribution in [0.15, 0.2) is 96.1 Å². The molecule has 0 aliphatic heterocycles. The first-order valence-corrected chi connectivity index (χ1v) is 8.50. The molecular weight excluding hydrogens is 379 g/mol. The van der Waals surface area contributed by atoms with E-state index in [1.54, 1.807) is 0 Å². The SMILES string of the molecule is [C-]1=C(Cc2ccccc2)C=CC1.[C-]1=C(Cc2ccccc2)C=CC1.[Zr+2]. The van der Waals surface area contributed by atoms with E-state index in [2.05, 4.69) is 85.0 Å². The second-order valence-electron chi connectivity index (χ2n) is 5.94. The van der Waals surface area contributed by atoms with Crippen molar-refractivity contribution in [3.8, 4) is 0 Å². The van der Waals surface area contributed by atoms with Crippen molar-refractivity contribution in [2.75, 3.05) is 0 Å². The molecule has 0 aromatic heterocycles. The second-order valence-corrected chi connectivity index (χ2v) is 5.94. The number of benzene rings is 2. The van der Waals surface area contributed by atoms with Crippen LogP contribution in [0.4, 0.5) is 0 Å². The molecule has 0 unspecified atom stereocenters. The summed E-state index contributed by atoms with van der Waals surface area (Å²) in [5.74, 6) is 0. The van der Waals surface area contributed by atoms with Crippen molar-refractivity contribution in [1.29, 1.82) is 0 Å². The first kappa shape index (κ1) is 19.6. The Kier molecular flexibility index (Phi) is 8.63. The molecule has 0 atom stereocenters. The molecule has 2 aliphatic carbocycles. The van der Waals surface area contributed by atoms with Crippen LogP contribution in [0.5, 0.6) is 0 Å². The quantitative estimate of drug-likeness (QED) is 0.565. The maximum atomic E-state index is 3.31. The zero-order valence-electron chi connectivity index (χ0n) is 14.4. The van der Waals surface area contributed by atoms with E-state index in [4.69, 9.17) is 0 Å². The van der Waals surface area contributed by atoms with Gasteiger partial charge in [0, 0.05) is 0 Å². The summed E-state index contributed by atoms with van der Waals surface area (Å²) in [6.07, 6.45) is 19.3. The average Bonchev–Trinajstić information content (AvgIpc) is 3.32. The first-order chi connectivity index (χ1) is 11.9. The van der Waals surface area contributed by atoms with Crippen LogP contribution < -0.4 is 0 Å². The molecule has 2 aliphatic rings. The van der Waals surface area contributed by atoms with Gasteiger partial charge >= 0.3 is 26.2 Å². The third-order valence-corrected chi connectivity index (χ3v) is 4.01. The average molecular weight is 402 g/mol. The van der Waals surface area contributed by atoms with Gasteiger partial charge in [-0.15, -0.1) is 12.8 Å². The summed E-state index contributed by atoms with van der Waals surface area (Å²) in [6, 6.07) is 21.0. The fraction of sp³-hybridized carbons (Fsp3) is 0.167. The molecule has 122 valence electrons. The molecule has 4 rings (SSSR count). The molecular formula is C24H22Zr. The summed E-state index contributed by atoms with van der Waals surface area (Å²) >= 11 is 0. The number of hydrogen-bond donors (Lipinski definition) is 0. The minimum absolute atomic E-state index is 0.